The number of rotatable bonds is 11. The van der Waals surface area contributed by atoms with Gasteiger partial charge in [0.25, 0.3) is 0 Å². The summed E-state index contributed by atoms with van der Waals surface area (Å²) in [4.78, 5) is 49.5. The third kappa shape index (κ3) is 12.6. The first-order valence-electron chi connectivity index (χ1n) is 34.2. The van der Waals surface area contributed by atoms with Crippen LogP contribution in [0.15, 0.2) is 99.4 Å². The molecule has 2 saturated heterocycles. The van der Waals surface area contributed by atoms with Crippen molar-refractivity contribution >= 4 is 29.9 Å². The third-order valence-electron chi connectivity index (χ3n) is 26.4. The first kappa shape index (κ1) is 70.2. The molecule has 18 heteroatoms. The number of carbonyl (C=O) groups excluding carboxylic acids is 3. The number of halogens is 1. The van der Waals surface area contributed by atoms with Gasteiger partial charge < -0.3 is 63.7 Å². The summed E-state index contributed by atoms with van der Waals surface area (Å²) in [6.07, 6.45) is 16.0. The SMILES string of the molecule is C[C@@H]1O[C@@H](O[C@@H]2C=C3CC[C@@H]4[C@H](CC[C@]5(C)[C@@H](c6ccc(=O)oc6)CC[C@]45O)[C@@]3(C)CC2)[C@H](O)[C@H](O)[C@H]1O.C[C@]12CCC(=O)C=C1[C@@H]1C[C@@H]1[C@@H]1[C@@H]2CC[C@@]2(C)[C@H]1CC[C@@]2(O)CCC(=O)[O-].Cl.O=C(CCN1CCC(c2ccccc2)C1)c1ccc2c(c1)OCCO2.[K+]. The Morgan fingerprint density at radius 1 is 0.728 bits per heavy atom. The van der Waals surface area contributed by atoms with Gasteiger partial charge in [-0.05, 0) is 234 Å². The van der Waals surface area contributed by atoms with Crippen LogP contribution in [0.5, 0.6) is 11.5 Å². The Morgan fingerprint density at radius 3 is 2.22 bits per heavy atom. The second kappa shape index (κ2) is 27.3. The van der Waals surface area contributed by atoms with Crippen LogP contribution in [0.4, 0.5) is 0 Å². The maximum absolute atomic E-state index is 12.5. The number of hydrogen-bond acceptors (Lipinski definition) is 16. The molecule has 12 aliphatic rings. The average Bonchev–Trinajstić information content (AvgIpc) is 1.48. The van der Waals surface area contributed by atoms with Gasteiger partial charge in [-0.2, -0.15) is 0 Å². The van der Waals surface area contributed by atoms with Gasteiger partial charge in [-0.1, -0.05) is 75.2 Å². The van der Waals surface area contributed by atoms with E-state index in [1.807, 2.05) is 30.3 Å². The molecule has 16 nitrogen and oxygen atoms in total. The number of likely N-dealkylation sites (tertiary alicyclic amines) is 1. The number of carboxylic acids is 1. The molecule has 1 aromatic heterocycles. The Kier molecular flexibility index (Phi) is 20.8. The van der Waals surface area contributed by atoms with Gasteiger partial charge in [-0.25, -0.2) is 4.79 Å². The average molecular weight is 1320 g/mol. The molecule has 1 unspecified atom stereocenters. The zero-order valence-electron chi connectivity index (χ0n) is 54.8. The largest absolute Gasteiger partial charge is 1.00 e. The molecule has 0 spiro atoms. The van der Waals surface area contributed by atoms with E-state index < -0.39 is 47.9 Å². The van der Waals surface area contributed by atoms with E-state index in [2.05, 4.69) is 69.0 Å². The number of allylic oxidation sites excluding steroid dienone is 2. The number of aliphatic hydroxyl groups is 5. The van der Waals surface area contributed by atoms with Crippen LogP contribution in [0.25, 0.3) is 0 Å². The fourth-order valence-electron chi connectivity index (χ4n) is 21.1. The Bertz CT molecular complexity index is 3300. The number of Topliss-reactive ketones (excluding diaryl/α,β-unsaturated/α-hetero) is 1. The molecule has 9 fully saturated rings. The molecule has 2 aromatic carbocycles. The summed E-state index contributed by atoms with van der Waals surface area (Å²) in [7, 11) is 0. The van der Waals surface area contributed by atoms with Crippen molar-refractivity contribution in [3.63, 3.8) is 0 Å². The second-order valence-electron chi connectivity index (χ2n) is 30.5. The van der Waals surface area contributed by atoms with Crippen LogP contribution in [0.2, 0.25) is 0 Å². The van der Waals surface area contributed by atoms with Crippen LogP contribution in [-0.2, 0) is 19.1 Å². The molecular weight excluding hydrogens is 1220 g/mol. The molecule has 15 rings (SSSR count). The molecule has 496 valence electrons. The number of carbonyl (C=O) groups is 3. The zero-order chi connectivity index (χ0) is 63.3. The van der Waals surface area contributed by atoms with Crippen LogP contribution < -0.4 is 71.6 Å². The fraction of sp³-hybridized carbons (Fsp3) is 0.676. The Labute approximate surface area is 590 Å². The summed E-state index contributed by atoms with van der Waals surface area (Å²) in [5.41, 5.74) is 3.66. The molecule has 3 aromatic rings. The monoisotopic (exact) mass is 1310 g/mol. The van der Waals surface area contributed by atoms with Crippen molar-refractivity contribution in [1.82, 2.24) is 4.90 Å². The van der Waals surface area contributed by atoms with Crippen LogP contribution in [0, 0.1) is 63.1 Å². The number of hydrogen-bond donors (Lipinski definition) is 5. The number of benzene rings is 2. The Hall–Kier alpha value is -3.11. The molecule has 9 aliphatic carbocycles. The van der Waals surface area contributed by atoms with Crippen molar-refractivity contribution in [3.05, 3.63) is 117 Å². The maximum atomic E-state index is 12.5. The van der Waals surface area contributed by atoms with Crippen molar-refractivity contribution in [2.75, 3.05) is 32.8 Å². The first-order chi connectivity index (χ1) is 43.0. The van der Waals surface area contributed by atoms with E-state index in [-0.39, 0.29) is 121 Å². The van der Waals surface area contributed by atoms with E-state index in [0.29, 0.717) is 91.0 Å². The van der Waals surface area contributed by atoms with Crippen molar-refractivity contribution in [3.8, 4) is 11.5 Å². The standard InChI is InChI=1S/C30H42O8.C23H32O4.C21H23NO3.ClH.K/c1-16-24(32)25(33)26(34)27(37-16)38-19-8-11-28(2)18(14-19)5-6-22-21(28)9-12-29(3)20(10-13-30(22,29)35)17-4-7-23(31)36-15-17;1-21-7-3-13(24)11-18(21)14-12-15(14)20-16(21)4-8-22(2)17(20)5-9-23(22,27)10-6-19(25)26;23-19(17-6-7-20-21(14-17)25-13-12-24-20)9-11-22-10-8-18(15-22)16-4-2-1-3-5-16;;/h4,7,14-16,19-22,24-27,32-35H,5-6,8-13H2,1-3H3;11,14-17,20,27H,3-10,12H2,1-2H3,(H,25,26);1-7,14,18H,8-13,15H2;1H;/q;;;;+1/p-1/t16-,19-,20+,21-,22+,24-,25+,26+,27-,28-,29+,30-;14-,15+,16+,17+,20-,21-,22+,23-;;;/m01.../s1. The van der Waals surface area contributed by atoms with E-state index >= 15 is 0 Å². The third-order valence-corrected chi connectivity index (χ3v) is 26.4. The van der Waals surface area contributed by atoms with Crippen molar-refractivity contribution < 1.29 is 120 Å². The molecule has 3 aliphatic heterocycles. The van der Waals surface area contributed by atoms with E-state index in [9.17, 15) is 49.8 Å². The summed E-state index contributed by atoms with van der Waals surface area (Å²) in [6.45, 7) is 14.9. The van der Waals surface area contributed by atoms with Gasteiger partial charge in [-0.3, -0.25) is 9.59 Å². The van der Waals surface area contributed by atoms with Crippen LogP contribution in [-0.4, -0.2) is 129 Å². The summed E-state index contributed by atoms with van der Waals surface area (Å²) in [5.74, 6) is 5.16. The van der Waals surface area contributed by atoms with Crippen molar-refractivity contribution in [2.45, 2.75) is 216 Å². The van der Waals surface area contributed by atoms with Crippen LogP contribution in [0.3, 0.4) is 0 Å². The van der Waals surface area contributed by atoms with Gasteiger partial charge in [-0.15, -0.1) is 12.4 Å². The number of ether oxygens (including phenoxy) is 4. The van der Waals surface area contributed by atoms with Gasteiger partial charge >= 0.3 is 57.0 Å². The normalized spacial score (nSPS) is 41.8. The van der Waals surface area contributed by atoms with Gasteiger partial charge in [0, 0.05) is 48.9 Å². The van der Waals surface area contributed by atoms with Crippen LogP contribution >= 0.6 is 12.4 Å². The number of aliphatic carboxylic acids is 1. The van der Waals surface area contributed by atoms with E-state index in [1.165, 1.54) is 35.6 Å². The molecule has 0 radical (unpaired) electrons. The molecule has 92 heavy (non-hydrogen) atoms. The molecule has 5 N–H and O–H groups in total. The van der Waals surface area contributed by atoms with Gasteiger partial charge in [0.15, 0.2) is 29.4 Å². The van der Waals surface area contributed by atoms with E-state index in [0.717, 1.165) is 114 Å². The van der Waals surface area contributed by atoms with Crippen molar-refractivity contribution in [1.29, 1.82) is 0 Å². The zero-order valence-corrected chi connectivity index (χ0v) is 58.7. The van der Waals surface area contributed by atoms with E-state index in [1.54, 1.807) is 13.2 Å². The molecule has 7 saturated carbocycles. The number of aliphatic hydroxyl groups excluding tert-OH is 3. The summed E-state index contributed by atoms with van der Waals surface area (Å²) in [6, 6.07) is 19.5. The summed E-state index contributed by atoms with van der Waals surface area (Å²) in [5, 5.41) is 65.5. The summed E-state index contributed by atoms with van der Waals surface area (Å²) >= 11 is 0. The second-order valence-corrected chi connectivity index (χ2v) is 30.5. The minimum Gasteiger partial charge on any atom is -0.550 e. The first-order valence-corrected chi connectivity index (χ1v) is 34.2. The fourth-order valence-corrected chi connectivity index (χ4v) is 21.1. The van der Waals surface area contributed by atoms with Gasteiger partial charge in [0.2, 0.25) is 0 Å². The Morgan fingerprint density at radius 2 is 1.47 bits per heavy atom. The van der Waals surface area contributed by atoms with Crippen LogP contribution in [0.1, 0.15) is 190 Å². The summed E-state index contributed by atoms with van der Waals surface area (Å²) < 4.78 is 28.1. The predicted molar refractivity (Wildman–Crippen MR) is 340 cm³/mol. The molecule has 0 bridgehead atoms. The van der Waals surface area contributed by atoms with Crippen molar-refractivity contribution in [2.24, 2.45) is 63.1 Å². The minimum absolute atomic E-state index is 0. The molecular formula is C74H97ClKNO15. The van der Waals surface area contributed by atoms with Gasteiger partial charge in [0.1, 0.15) is 31.5 Å². The topological polar surface area (TPSA) is 246 Å². The number of fused-ring (bicyclic) bond motifs is 14. The smallest absolute Gasteiger partial charge is 0.550 e. The quantitative estimate of drug-likeness (QED) is 0.0772. The van der Waals surface area contributed by atoms with E-state index in [4.69, 9.17) is 23.4 Å². The minimum atomic E-state index is -1.31. The molecule has 21 atom stereocenters. The van der Waals surface area contributed by atoms with Gasteiger partial charge in [0.05, 0.1) is 29.7 Å². The number of carboxylic acid groups (broad SMARTS) is 1. The Balaban J connectivity index is 0.000000144. The number of ketones is 2. The number of nitrogens with zero attached hydrogens (tertiary/aromatic N) is 1. The molecule has 4 heterocycles. The molecule has 0 amide bonds. The predicted octanol–water partition coefficient (Wildman–Crippen LogP) is 6.60. The maximum Gasteiger partial charge on any atom is 1.00 e.